The molecule has 1 N–H and O–H groups in total. The standard InChI is InChI=1S/C14H22N2O2/c1-5-6-7-16(4)13-9-11(14(17)18)8-12(15-13)10(2)3/h8-10H,5-7H2,1-4H3,(H,17,18). The van der Waals surface area contributed by atoms with Crippen LogP contribution in [-0.4, -0.2) is 29.7 Å². The molecule has 0 fully saturated rings. The van der Waals surface area contributed by atoms with Crippen molar-refractivity contribution >= 4 is 11.8 Å². The predicted molar refractivity (Wildman–Crippen MR) is 73.5 cm³/mol. The van der Waals surface area contributed by atoms with E-state index >= 15 is 0 Å². The fraction of sp³-hybridized carbons (Fsp3) is 0.571. The molecule has 0 atom stereocenters. The number of nitrogens with zero attached hydrogens (tertiary/aromatic N) is 2. The number of rotatable bonds is 6. The van der Waals surface area contributed by atoms with Gasteiger partial charge in [-0.25, -0.2) is 9.78 Å². The highest BCUT2D eigenvalue weighted by Gasteiger charge is 2.12. The van der Waals surface area contributed by atoms with E-state index < -0.39 is 5.97 Å². The number of carboxylic acids is 1. The van der Waals surface area contributed by atoms with Crippen LogP contribution in [0.25, 0.3) is 0 Å². The van der Waals surface area contributed by atoms with Crippen LogP contribution in [0.1, 0.15) is 55.6 Å². The second-order valence-electron chi connectivity index (χ2n) is 4.87. The predicted octanol–water partition coefficient (Wildman–Crippen LogP) is 3.14. The zero-order valence-electron chi connectivity index (χ0n) is 11.6. The van der Waals surface area contributed by atoms with Crippen LogP contribution in [0, 0.1) is 0 Å². The van der Waals surface area contributed by atoms with Crippen molar-refractivity contribution in [3.05, 3.63) is 23.4 Å². The number of aromatic carboxylic acids is 1. The monoisotopic (exact) mass is 250 g/mol. The van der Waals surface area contributed by atoms with Crippen molar-refractivity contribution in [1.82, 2.24) is 4.98 Å². The van der Waals surface area contributed by atoms with Crippen LogP contribution in [0.5, 0.6) is 0 Å². The van der Waals surface area contributed by atoms with Crippen molar-refractivity contribution in [2.24, 2.45) is 0 Å². The first-order valence-corrected chi connectivity index (χ1v) is 6.42. The van der Waals surface area contributed by atoms with Crippen LogP contribution in [-0.2, 0) is 0 Å². The Morgan fingerprint density at radius 3 is 2.61 bits per heavy atom. The lowest BCUT2D eigenvalue weighted by molar-refractivity contribution is 0.0696. The molecule has 1 heterocycles. The molecule has 1 aromatic heterocycles. The maximum absolute atomic E-state index is 11.1. The molecule has 0 aliphatic rings. The van der Waals surface area contributed by atoms with E-state index in [2.05, 4.69) is 11.9 Å². The number of carboxylic acid groups (broad SMARTS) is 1. The van der Waals surface area contributed by atoms with Gasteiger partial charge in [0.25, 0.3) is 0 Å². The molecule has 0 spiro atoms. The second kappa shape index (κ2) is 6.38. The summed E-state index contributed by atoms with van der Waals surface area (Å²) in [5.74, 6) is 0.0686. The first-order valence-electron chi connectivity index (χ1n) is 6.42. The molecule has 0 aromatic carbocycles. The van der Waals surface area contributed by atoms with Crippen molar-refractivity contribution < 1.29 is 9.90 Å². The summed E-state index contributed by atoms with van der Waals surface area (Å²) in [6.07, 6.45) is 2.19. The highest BCUT2D eigenvalue weighted by atomic mass is 16.4. The zero-order chi connectivity index (χ0) is 13.7. The molecule has 100 valence electrons. The third kappa shape index (κ3) is 3.72. The molecule has 0 bridgehead atoms. The van der Waals surface area contributed by atoms with Gasteiger partial charge in [0.1, 0.15) is 5.82 Å². The van der Waals surface area contributed by atoms with Gasteiger partial charge in [-0.1, -0.05) is 27.2 Å². The Kier molecular flexibility index (Phi) is 5.13. The van der Waals surface area contributed by atoms with E-state index in [1.165, 1.54) is 0 Å². The van der Waals surface area contributed by atoms with Gasteiger partial charge in [-0.3, -0.25) is 0 Å². The van der Waals surface area contributed by atoms with Crippen LogP contribution in [0.15, 0.2) is 12.1 Å². The summed E-state index contributed by atoms with van der Waals surface area (Å²) in [7, 11) is 1.95. The normalized spacial score (nSPS) is 10.7. The summed E-state index contributed by atoms with van der Waals surface area (Å²) in [5, 5.41) is 9.13. The molecule has 1 rings (SSSR count). The van der Waals surface area contributed by atoms with Crippen molar-refractivity contribution in [2.75, 3.05) is 18.5 Å². The number of unbranched alkanes of at least 4 members (excludes halogenated alkanes) is 1. The van der Waals surface area contributed by atoms with Gasteiger partial charge in [0.15, 0.2) is 0 Å². The molecule has 0 saturated heterocycles. The Morgan fingerprint density at radius 1 is 1.44 bits per heavy atom. The van der Waals surface area contributed by atoms with Crippen LogP contribution in [0.3, 0.4) is 0 Å². The fourth-order valence-electron chi connectivity index (χ4n) is 1.66. The van der Waals surface area contributed by atoms with Gasteiger partial charge in [0.05, 0.1) is 5.56 Å². The summed E-state index contributed by atoms with van der Waals surface area (Å²) in [5.41, 5.74) is 1.14. The summed E-state index contributed by atoms with van der Waals surface area (Å²) in [6.45, 7) is 7.06. The van der Waals surface area contributed by atoms with Crippen LogP contribution in [0.4, 0.5) is 5.82 Å². The zero-order valence-corrected chi connectivity index (χ0v) is 11.6. The number of hydrogen-bond acceptors (Lipinski definition) is 3. The highest BCUT2D eigenvalue weighted by Crippen LogP contribution is 2.20. The van der Waals surface area contributed by atoms with E-state index in [0.717, 1.165) is 30.9 Å². The van der Waals surface area contributed by atoms with Crippen molar-refractivity contribution in [2.45, 2.75) is 39.5 Å². The highest BCUT2D eigenvalue weighted by molar-refractivity contribution is 5.88. The Labute approximate surface area is 109 Å². The molecule has 0 unspecified atom stereocenters. The molecule has 0 aliphatic carbocycles. The van der Waals surface area contributed by atoms with Gasteiger partial charge < -0.3 is 10.0 Å². The third-order valence-corrected chi connectivity index (χ3v) is 2.91. The number of pyridine rings is 1. The summed E-state index contributed by atoms with van der Waals surface area (Å²) < 4.78 is 0. The van der Waals surface area contributed by atoms with Crippen LogP contribution in [0.2, 0.25) is 0 Å². The van der Waals surface area contributed by atoms with Gasteiger partial charge >= 0.3 is 5.97 Å². The summed E-state index contributed by atoms with van der Waals surface area (Å²) in [4.78, 5) is 17.7. The average molecular weight is 250 g/mol. The summed E-state index contributed by atoms with van der Waals surface area (Å²) >= 11 is 0. The number of carbonyl (C=O) groups is 1. The van der Waals surface area contributed by atoms with E-state index in [1.54, 1.807) is 12.1 Å². The first kappa shape index (κ1) is 14.5. The summed E-state index contributed by atoms with van der Waals surface area (Å²) in [6, 6.07) is 3.30. The van der Waals surface area contributed by atoms with Gasteiger partial charge in [-0.15, -0.1) is 0 Å². The maximum Gasteiger partial charge on any atom is 0.335 e. The minimum absolute atomic E-state index is 0.225. The van der Waals surface area contributed by atoms with Gasteiger partial charge in [-0.2, -0.15) is 0 Å². The molecule has 0 saturated carbocycles. The van der Waals surface area contributed by atoms with E-state index in [4.69, 9.17) is 5.11 Å². The van der Waals surface area contributed by atoms with Crippen molar-refractivity contribution in [3.63, 3.8) is 0 Å². The Morgan fingerprint density at radius 2 is 2.11 bits per heavy atom. The minimum atomic E-state index is -0.899. The molecule has 0 aliphatic heterocycles. The topological polar surface area (TPSA) is 53.4 Å². The average Bonchev–Trinajstić information content (AvgIpc) is 2.35. The van der Waals surface area contributed by atoms with Crippen molar-refractivity contribution in [1.29, 1.82) is 0 Å². The maximum atomic E-state index is 11.1. The first-order chi connectivity index (χ1) is 8.45. The molecule has 18 heavy (non-hydrogen) atoms. The Balaban J connectivity index is 3.06. The molecule has 4 heteroatoms. The second-order valence-corrected chi connectivity index (χ2v) is 4.87. The largest absolute Gasteiger partial charge is 0.478 e. The number of anilines is 1. The third-order valence-electron chi connectivity index (χ3n) is 2.91. The lowest BCUT2D eigenvalue weighted by atomic mass is 10.1. The van der Waals surface area contributed by atoms with E-state index in [0.29, 0.717) is 5.56 Å². The van der Waals surface area contributed by atoms with E-state index in [9.17, 15) is 4.79 Å². The van der Waals surface area contributed by atoms with E-state index in [-0.39, 0.29) is 5.92 Å². The molecule has 1 aromatic rings. The van der Waals surface area contributed by atoms with E-state index in [1.807, 2.05) is 25.8 Å². The van der Waals surface area contributed by atoms with Gasteiger partial charge in [0.2, 0.25) is 0 Å². The van der Waals surface area contributed by atoms with Crippen LogP contribution >= 0.6 is 0 Å². The fourth-order valence-corrected chi connectivity index (χ4v) is 1.66. The molecular weight excluding hydrogens is 228 g/mol. The van der Waals surface area contributed by atoms with Gasteiger partial charge in [0, 0.05) is 19.3 Å². The molecule has 0 amide bonds. The Hall–Kier alpha value is -1.58. The lowest BCUT2D eigenvalue weighted by Crippen LogP contribution is -2.20. The molecule has 0 radical (unpaired) electrons. The van der Waals surface area contributed by atoms with Crippen molar-refractivity contribution in [3.8, 4) is 0 Å². The number of aromatic nitrogens is 1. The quantitative estimate of drug-likeness (QED) is 0.842. The smallest absolute Gasteiger partial charge is 0.335 e. The molecule has 4 nitrogen and oxygen atoms in total. The number of hydrogen-bond donors (Lipinski definition) is 1. The SMILES string of the molecule is CCCCN(C)c1cc(C(=O)O)cc(C(C)C)n1. The molecular formula is C14H22N2O2. The minimum Gasteiger partial charge on any atom is -0.478 e. The van der Waals surface area contributed by atoms with Gasteiger partial charge in [-0.05, 0) is 24.5 Å². The lowest BCUT2D eigenvalue weighted by Gasteiger charge is -2.20. The van der Waals surface area contributed by atoms with Crippen LogP contribution < -0.4 is 4.90 Å². The Bertz CT molecular complexity index is 416.